The van der Waals surface area contributed by atoms with Gasteiger partial charge in [0.05, 0.1) is 16.7 Å². The molecule has 2 aromatic carbocycles. The standard InChI is InChI=1S/C15H9F6NO2S/c16-14(17,18)7-3-8(15(19,20)21)5-9(4-7)22-13(25)11-2-1-10(23)6-12(11)24/h1-6,23-24H,(H,22,25). The molecule has 3 N–H and O–H groups in total. The molecule has 0 atom stereocenters. The van der Waals surface area contributed by atoms with Crippen LogP contribution in [-0.2, 0) is 12.4 Å². The van der Waals surface area contributed by atoms with Crippen molar-refractivity contribution in [3.05, 3.63) is 53.1 Å². The van der Waals surface area contributed by atoms with Crippen LogP contribution in [0.25, 0.3) is 0 Å². The van der Waals surface area contributed by atoms with Crippen molar-refractivity contribution in [1.82, 2.24) is 0 Å². The molecule has 0 aliphatic carbocycles. The Morgan fingerprint density at radius 3 is 1.80 bits per heavy atom. The first-order chi connectivity index (χ1) is 11.4. The second-order valence-corrected chi connectivity index (χ2v) is 5.36. The van der Waals surface area contributed by atoms with Gasteiger partial charge in [-0.1, -0.05) is 12.2 Å². The van der Waals surface area contributed by atoms with E-state index in [2.05, 4.69) is 5.32 Å². The Morgan fingerprint density at radius 2 is 1.36 bits per heavy atom. The summed E-state index contributed by atoms with van der Waals surface area (Å²) in [5.74, 6) is -0.775. The molecule has 0 saturated heterocycles. The van der Waals surface area contributed by atoms with Crippen LogP contribution in [0.1, 0.15) is 16.7 Å². The number of alkyl halides is 6. The fourth-order valence-corrected chi connectivity index (χ4v) is 2.23. The number of halogens is 6. The van der Waals surface area contributed by atoms with Crippen molar-refractivity contribution < 1.29 is 36.6 Å². The van der Waals surface area contributed by atoms with Crippen molar-refractivity contribution >= 4 is 22.9 Å². The Bertz CT molecular complexity index is 784. The predicted octanol–water partition coefficient (Wildman–Crippen LogP) is 4.92. The molecule has 2 rings (SSSR count). The molecule has 0 unspecified atom stereocenters. The van der Waals surface area contributed by atoms with E-state index < -0.39 is 34.9 Å². The fourth-order valence-electron chi connectivity index (χ4n) is 1.94. The average molecular weight is 381 g/mol. The van der Waals surface area contributed by atoms with E-state index in [1.54, 1.807) is 0 Å². The molecule has 0 radical (unpaired) electrons. The highest BCUT2D eigenvalue weighted by molar-refractivity contribution is 7.81. The van der Waals surface area contributed by atoms with Crippen LogP contribution >= 0.6 is 12.2 Å². The molecular formula is C15H9F6NO2S. The number of nitrogens with one attached hydrogen (secondary N) is 1. The van der Waals surface area contributed by atoms with Crippen molar-refractivity contribution in [2.75, 3.05) is 5.32 Å². The Kier molecular flexibility index (Phi) is 4.85. The Morgan fingerprint density at radius 1 is 0.840 bits per heavy atom. The third-order valence-corrected chi connectivity index (χ3v) is 3.39. The quantitative estimate of drug-likeness (QED) is 0.510. The van der Waals surface area contributed by atoms with Gasteiger partial charge >= 0.3 is 12.4 Å². The number of benzene rings is 2. The minimum Gasteiger partial charge on any atom is -0.508 e. The van der Waals surface area contributed by atoms with Gasteiger partial charge in [0.1, 0.15) is 16.5 Å². The predicted molar refractivity (Wildman–Crippen MR) is 81.5 cm³/mol. The lowest BCUT2D eigenvalue weighted by Gasteiger charge is -2.16. The van der Waals surface area contributed by atoms with Crippen LogP contribution in [0.3, 0.4) is 0 Å². The van der Waals surface area contributed by atoms with Crippen LogP contribution in [0.4, 0.5) is 32.0 Å². The molecule has 25 heavy (non-hydrogen) atoms. The highest BCUT2D eigenvalue weighted by atomic mass is 32.1. The van der Waals surface area contributed by atoms with Gasteiger partial charge in [-0.2, -0.15) is 26.3 Å². The van der Waals surface area contributed by atoms with Crippen molar-refractivity contribution in [3.63, 3.8) is 0 Å². The smallest absolute Gasteiger partial charge is 0.416 e. The lowest BCUT2D eigenvalue weighted by Crippen LogP contribution is -2.15. The van der Waals surface area contributed by atoms with Crippen molar-refractivity contribution in [2.45, 2.75) is 12.4 Å². The summed E-state index contributed by atoms with van der Waals surface area (Å²) in [4.78, 5) is -0.315. The fraction of sp³-hybridized carbons (Fsp3) is 0.133. The van der Waals surface area contributed by atoms with Gasteiger partial charge in [-0.25, -0.2) is 0 Å². The van der Waals surface area contributed by atoms with Crippen LogP contribution in [0.2, 0.25) is 0 Å². The zero-order valence-electron chi connectivity index (χ0n) is 12.0. The largest absolute Gasteiger partial charge is 0.508 e. The van der Waals surface area contributed by atoms with E-state index in [-0.39, 0.29) is 22.4 Å². The number of thiocarbonyl (C=S) groups is 1. The summed E-state index contributed by atoms with van der Waals surface area (Å²) in [7, 11) is 0. The lowest BCUT2D eigenvalue weighted by molar-refractivity contribution is -0.143. The van der Waals surface area contributed by atoms with Crippen LogP contribution in [0.5, 0.6) is 11.5 Å². The minimum absolute atomic E-state index is 0.00768. The van der Waals surface area contributed by atoms with E-state index in [1.165, 1.54) is 0 Å². The number of phenolic OH excluding ortho intramolecular Hbond substituents is 2. The summed E-state index contributed by atoms with van der Waals surface area (Å²) in [6.45, 7) is 0. The van der Waals surface area contributed by atoms with Crippen LogP contribution in [0, 0.1) is 0 Å². The van der Waals surface area contributed by atoms with Gasteiger partial charge < -0.3 is 15.5 Å². The second-order valence-electron chi connectivity index (χ2n) is 4.95. The highest BCUT2D eigenvalue weighted by Gasteiger charge is 2.37. The van der Waals surface area contributed by atoms with Gasteiger partial charge in [0.25, 0.3) is 0 Å². The SMILES string of the molecule is Oc1ccc(C(=S)Nc2cc(C(F)(F)F)cc(C(F)(F)F)c2)c(O)c1. The summed E-state index contributed by atoms with van der Waals surface area (Å²) in [5.41, 5.74) is -3.61. The second kappa shape index (κ2) is 6.43. The zero-order chi connectivity index (χ0) is 19.0. The van der Waals surface area contributed by atoms with Gasteiger partial charge in [-0.15, -0.1) is 0 Å². The number of aromatic hydroxyl groups is 2. The number of phenols is 2. The molecule has 0 aliphatic rings. The van der Waals surface area contributed by atoms with Gasteiger partial charge in [0.15, 0.2) is 0 Å². The molecule has 0 heterocycles. The van der Waals surface area contributed by atoms with Gasteiger partial charge in [-0.3, -0.25) is 0 Å². The molecule has 10 heteroatoms. The van der Waals surface area contributed by atoms with Crippen LogP contribution in [-0.4, -0.2) is 15.2 Å². The number of hydrogen-bond acceptors (Lipinski definition) is 3. The monoisotopic (exact) mass is 381 g/mol. The van der Waals surface area contributed by atoms with Crippen molar-refractivity contribution in [1.29, 1.82) is 0 Å². The van der Waals surface area contributed by atoms with E-state index in [4.69, 9.17) is 12.2 Å². The van der Waals surface area contributed by atoms with E-state index in [1.807, 2.05) is 0 Å². The van der Waals surface area contributed by atoms with E-state index in [9.17, 15) is 36.6 Å². The normalized spacial score (nSPS) is 12.1. The molecule has 0 saturated carbocycles. The molecule has 3 nitrogen and oxygen atoms in total. The third-order valence-electron chi connectivity index (χ3n) is 3.07. The van der Waals surface area contributed by atoms with E-state index in [0.717, 1.165) is 18.2 Å². The van der Waals surface area contributed by atoms with Gasteiger partial charge in [-0.05, 0) is 30.3 Å². The zero-order valence-corrected chi connectivity index (χ0v) is 12.9. The minimum atomic E-state index is -4.99. The molecule has 2 aromatic rings. The van der Waals surface area contributed by atoms with Crippen molar-refractivity contribution in [3.8, 4) is 11.5 Å². The molecule has 0 fully saturated rings. The Labute approximate surface area is 142 Å². The summed E-state index contributed by atoms with van der Waals surface area (Å²) in [6, 6.07) is 4.18. The first-order valence-corrected chi connectivity index (χ1v) is 6.91. The molecular weight excluding hydrogens is 372 g/mol. The maximum absolute atomic E-state index is 12.8. The van der Waals surface area contributed by atoms with Crippen LogP contribution in [0.15, 0.2) is 36.4 Å². The van der Waals surface area contributed by atoms with Crippen molar-refractivity contribution in [2.24, 2.45) is 0 Å². The lowest BCUT2D eigenvalue weighted by atomic mass is 10.1. The number of rotatable bonds is 2. The topological polar surface area (TPSA) is 52.5 Å². The molecule has 0 aromatic heterocycles. The molecule has 0 amide bonds. The summed E-state index contributed by atoms with van der Waals surface area (Å²) >= 11 is 4.89. The summed E-state index contributed by atoms with van der Waals surface area (Å²) in [6.07, 6.45) is -9.97. The van der Waals surface area contributed by atoms with Gasteiger partial charge in [0, 0.05) is 11.8 Å². The molecule has 0 spiro atoms. The van der Waals surface area contributed by atoms with Crippen LogP contribution < -0.4 is 5.32 Å². The summed E-state index contributed by atoms with van der Waals surface area (Å²) < 4.78 is 76.9. The Balaban J connectivity index is 2.43. The van der Waals surface area contributed by atoms with E-state index in [0.29, 0.717) is 12.1 Å². The number of anilines is 1. The molecule has 0 aliphatic heterocycles. The average Bonchev–Trinajstić information content (AvgIpc) is 2.44. The first-order valence-electron chi connectivity index (χ1n) is 6.51. The molecule has 134 valence electrons. The highest BCUT2D eigenvalue weighted by Crippen LogP contribution is 2.37. The Hall–Kier alpha value is -2.49. The summed E-state index contributed by atoms with van der Waals surface area (Å²) in [5, 5.41) is 21.1. The maximum atomic E-state index is 12.8. The first kappa shape index (κ1) is 18.8. The number of hydrogen-bond donors (Lipinski definition) is 3. The van der Waals surface area contributed by atoms with E-state index >= 15 is 0 Å². The van der Waals surface area contributed by atoms with Gasteiger partial charge in [0.2, 0.25) is 0 Å². The maximum Gasteiger partial charge on any atom is 0.416 e. The third kappa shape index (κ3) is 4.53. The molecule has 0 bridgehead atoms.